The van der Waals surface area contributed by atoms with E-state index in [1.165, 1.54) is 13.2 Å². The van der Waals surface area contributed by atoms with Crippen molar-refractivity contribution in [1.29, 1.82) is 0 Å². The van der Waals surface area contributed by atoms with Crippen LogP contribution in [0.5, 0.6) is 0 Å². The number of ether oxygens (including phenoxy) is 1. The molecule has 1 aromatic carbocycles. The van der Waals surface area contributed by atoms with Gasteiger partial charge >= 0.3 is 5.97 Å². The van der Waals surface area contributed by atoms with Gasteiger partial charge in [0.2, 0.25) is 10.0 Å². The molecule has 2 N–H and O–H groups in total. The molecule has 0 aliphatic heterocycles. The molecular weight excluding hydrogens is 294 g/mol. The highest BCUT2D eigenvalue weighted by atomic mass is 35.5. The summed E-state index contributed by atoms with van der Waals surface area (Å²) in [7, 11) is -2.29. The third-order valence-electron chi connectivity index (χ3n) is 2.25. The number of hydrogen-bond donors (Lipinski definition) is 2. The summed E-state index contributed by atoms with van der Waals surface area (Å²) >= 11 is 5.73. The van der Waals surface area contributed by atoms with Crippen LogP contribution >= 0.6 is 11.6 Å². The van der Waals surface area contributed by atoms with Gasteiger partial charge in [-0.25, -0.2) is 17.9 Å². The molecular formula is C11H14ClNO5S. The highest BCUT2D eigenvalue weighted by molar-refractivity contribution is 7.89. The van der Waals surface area contributed by atoms with Crippen LogP contribution in [0.2, 0.25) is 5.02 Å². The quantitative estimate of drug-likeness (QED) is 0.827. The van der Waals surface area contributed by atoms with Crippen LogP contribution < -0.4 is 4.72 Å². The predicted octanol–water partition coefficient (Wildman–Crippen LogP) is 1.35. The van der Waals surface area contributed by atoms with Gasteiger partial charge in [-0.15, -0.1) is 0 Å². The Hall–Kier alpha value is -1.15. The van der Waals surface area contributed by atoms with E-state index >= 15 is 0 Å². The van der Waals surface area contributed by atoms with Crippen molar-refractivity contribution in [2.75, 3.05) is 13.7 Å². The summed E-state index contributed by atoms with van der Waals surface area (Å²) in [5.74, 6) is -1.21. The molecule has 1 rings (SSSR count). The van der Waals surface area contributed by atoms with E-state index in [9.17, 15) is 13.2 Å². The number of aromatic carboxylic acids is 1. The second-order valence-electron chi connectivity index (χ2n) is 3.92. The van der Waals surface area contributed by atoms with Crippen LogP contribution in [0.25, 0.3) is 0 Å². The fourth-order valence-electron chi connectivity index (χ4n) is 1.45. The van der Waals surface area contributed by atoms with E-state index in [1.54, 1.807) is 6.92 Å². The topological polar surface area (TPSA) is 92.7 Å². The number of carboxylic acids is 1. The summed E-state index contributed by atoms with van der Waals surface area (Å²) in [4.78, 5) is 10.7. The number of benzene rings is 1. The van der Waals surface area contributed by atoms with Crippen molar-refractivity contribution in [3.8, 4) is 0 Å². The zero-order chi connectivity index (χ0) is 14.6. The first-order chi connectivity index (χ1) is 8.77. The smallest absolute Gasteiger partial charge is 0.337 e. The van der Waals surface area contributed by atoms with Crippen molar-refractivity contribution in [1.82, 2.24) is 4.72 Å². The number of halogens is 1. The molecule has 0 fully saturated rings. The molecule has 6 nitrogen and oxygen atoms in total. The average molecular weight is 308 g/mol. The van der Waals surface area contributed by atoms with Crippen molar-refractivity contribution < 1.29 is 23.1 Å². The molecule has 0 aromatic heterocycles. The Balaban J connectivity index is 3.03. The average Bonchev–Trinajstić information content (AvgIpc) is 2.27. The summed E-state index contributed by atoms with van der Waals surface area (Å²) in [6.45, 7) is 1.87. The zero-order valence-corrected chi connectivity index (χ0v) is 12.0. The third kappa shape index (κ3) is 4.17. The summed E-state index contributed by atoms with van der Waals surface area (Å²) in [5, 5.41) is 8.68. The van der Waals surface area contributed by atoms with Gasteiger partial charge < -0.3 is 9.84 Å². The summed E-state index contributed by atoms with van der Waals surface area (Å²) in [6, 6.07) is 3.04. The van der Waals surface area contributed by atoms with Crippen molar-refractivity contribution >= 4 is 27.6 Å². The molecule has 1 atom stereocenters. The van der Waals surface area contributed by atoms with Gasteiger partial charge in [-0.2, -0.15) is 0 Å². The van der Waals surface area contributed by atoms with Crippen LogP contribution in [-0.4, -0.2) is 39.3 Å². The number of carboxylic acid groups (broad SMARTS) is 1. The number of nitrogens with one attached hydrogen (secondary N) is 1. The van der Waals surface area contributed by atoms with Crippen LogP contribution in [0.1, 0.15) is 17.3 Å². The number of hydrogen-bond acceptors (Lipinski definition) is 4. The van der Waals surface area contributed by atoms with Crippen molar-refractivity contribution in [3.05, 3.63) is 28.8 Å². The van der Waals surface area contributed by atoms with Gasteiger partial charge in [0, 0.05) is 13.2 Å². The Morgan fingerprint density at radius 3 is 2.63 bits per heavy atom. The van der Waals surface area contributed by atoms with Gasteiger partial charge in [0.15, 0.2) is 0 Å². The molecule has 0 amide bonds. The van der Waals surface area contributed by atoms with Crippen molar-refractivity contribution in [2.45, 2.75) is 17.9 Å². The van der Waals surface area contributed by atoms with E-state index < -0.39 is 22.0 Å². The maximum Gasteiger partial charge on any atom is 0.337 e. The molecule has 0 aliphatic carbocycles. The largest absolute Gasteiger partial charge is 0.478 e. The monoisotopic (exact) mass is 307 g/mol. The third-order valence-corrected chi connectivity index (χ3v) is 4.15. The lowest BCUT2D eigenvalue weighted by atomic mass is 10.2. The minimum absolute atomic E-state index is 0.0922. The van der Waals surface area contributed by atoms with Gasteiger partial charge in [0.25, 0.3) is 0 Å². The van der Waals surface area contributed by atoms with Crippen molar-refractivity contribution in [2.24, 2.45) is 0 Å². The molecule has 8 heteroatoms. The Kier molecular flexibility index (Phi) is 5.30. The summed E-state index contributed by atoms with van der Waals surface area (Å²) < 4.78 is 31.2. The van der Waals surface area contributed by atoms with Crippen LogP contribution in [0.3, 0.4) is 0 Å². The Morgan fingerprint density at radius 2 is 2.16 bits per heavy atom. The van der Waals surface area contributed by atoms with Crippen LogP contribution in [0, 0.1) is 0 Å². The zero-order valence-electron chi connectivity index (χ0n) is 10.4. The van der Waals surface area contributed by atoms with Crippen LogP contribution in [-0.2, 0) is 14.8 Å². The van der Waals surface area contributed by atoms with Gasteiger partial charge in [-0.05, 0) is 25.1 Å². The normalized spacial score (nSPS) is 13.2. The van der Waals surface area contributed by atoms with Crippen LogP contribution in [0.15, 0.2) is 23.1 Å². The second kappa shape index (κ2) is 6.33. The highest BCUT2D eigenvalue weighted by Crippen LogP contribution is 2.21. The maximum atomic E-state index is 12.0. The first-order valence-corrected chi connectivity index (χ1v) is 7.18. The van der Waals surface area contributed by atoms with E-state index in [0.29, 0.717) is 0 Å². The number of methoxy groups -OCH3 is 1. The van der Waals surface area contributed by atoms with E-state index in [2.05, 4.69) is 4.72 Å². The molecule has 0 heterocycles. The number of sulfonamides is 1. The Morgan fingerprint density at radius 1 is 1.53 bits per heavy atom. The van der Waals surface area contributed by atoms with Gasteiger partial charge in [-0.3, -0.25) is 0 Å². The standard InChI is InChI=1S/C11H14ClNO5S/c1-7(6-18-2)13-19(16,17)8-3-4-9(11(14)15)10(12)5-8/h3-5,7,13H,6H2,1-2H3,(H,14,15). The summed E-state index contributed by atoms with van der Waals surface area (Å²) in [6.07, 6.45) is 0. The molecule has 0 radical (unpaired) electrons. The lowest BCUT2D eigenvalue weighted by molar-refractivity contribution is 0.0697. The van der Waals surface area contributed by atoms with Gasteiger partial charge in [0.05, 0.1) is 22.1 Å². The Bertz CT molecular complexity index is 572. The molecule has 0 aliphatic rings. The lowest BCUT2D eigenvalue weighted by Gasteiger charge is -2.13. The molecule has 106 valence electrons. The number of carbonyl (C=O) groups is 1. The fourth-order valence-corrected chi connectivity index (χ4v) is 3.03. The molecule has 0 bridgehead atoms. The molecule has 0 saturated carbocycles. The maximum absolute atomic E-state index is 12.0. The van der Waals surface area contributed by atoms with E-state index in [4.69, 9.17) is 21.4 Å². The second-order valence-corrected chi connectivity index (χ2v) is 6.05. The SMILES string of the molecule is COCC(C)NS(=O)(=O)c1ccc(C(=O)O)c(Cl)c1. The molecule has 1 aromatic rings. The fraction of sp³-hybridized carbons (Fsp3) is 0.364. The lowest BCUT2D eigenvalue weighted by Crippen LogP contribution is -2.35. The molecule has 0 spiro atoms. The first kappa shape index (κ1) is 15.9. The minimum atomic E-state index is -3.75. The number of rotatable bonds is 6. The van der Waals surface area contributed by atoms with E-state index in [0.717, 1.165) is 12.1 Å². The van der Waals surface area contributed by atoms with Gasteiger partial charge in [0.1, 0.15) is 0 Å². The molecule has 0 saturated heterocycles. The predicted molar refractivity (Wildman–Crippen MR) is 70.1 cm³/mol. The van der Waals surface area contributed by atoms with Crippen LogP contribution in [0.4, 0.5) is 0 Å². The molecule has 1 unspecified atom stereocenters. The van der Waals surface area contributed by atoms with E-state index in [1.807, 2.05) is 0 Å². The Labute approximate surface area is 116 Å². The molecule has 19 heavy (non-hydrogen) atoms. The highest BCUT2D eigenvalue weighted by Gasteiger charge is 2.19. The van der Waals surface area contributed by atoms with Crippen molar-refractivity contribution in [3.63, 3.8) is 0 Å². The van der Waals surface area contributed by atoms with Gasteiger partial charge in [-0.1, -0.05) is 11.6 Å². The minimum Gasteiger partial charge on any atom is -0.478 e. The first-order valence-electron chi connectivity index (χ1n) is 5.32. The summed E-state index contributed by atoms with van der Waals surface area (Å²) in [5.41, 5.74) is -0.148. The van der Waals surface area contributed by atoms with E-state index in [-0.39, 0.29) is 22.1 Å².